The van der Waals surface area contributed by atoms with Crippen LogP contribution in [0.4, 0.5) is 24.5 Å². The molecule has 0 saturated heterocycles. The number of para-hydroxylation sites is 1. The second-order valence-corrected chi connectivity index (χ2v) is 6.97. The van der Waals surface area contributed by atoms with Crippen molar-refractivity contribution in [2.24, 2.45) is 0 Å². The van der Waals surface area contributed by atoms with Crippen molar-refractivity contribution in [1.29, 1.82) is 0 Å². The van der Waals surface area contributed by atoms with Gasteiger partial charge in [-0.2, -0.15) is 13.2 Å². The summed E-state index contributed by atoms with van der Waals surface area (Å²) in [6, 6.07) is 13.5. The lowest BCUT2D eigenvalue weighted by Gasteiger charge is -2.15. The first kappa shape index (κ1) is 21.8. The number of alkyl halides is 3. The summed E-state index contributed by atoms with van der Waals surface area (Å²) in [7, 11) is 0. The van der Waals surface area contributed by atoms with Gasteiger partial charge in [-0.1, -0.05) is 24.3 Å². The van der Waals surface area contributed by atoms with Crippen LogP contribution in [0.5, 0.6) is 0 Å². The molecule has 0 atom stereocenters. The number of furan rings is 1. The van der Waals surface area contributed by atoms with Gasteiger partial charge in [-0.3, -0.25) is 14.6 Å². The van der Waals surface area contributed by atoms with E-state index >= 15 is 0 Å². The summed E-state index contributed by atoms with van der Waals surface area (Å²) in [6.45, 7) is 0. The zero-order valence-corrected chi connectivity index (χ0v) is 16.9. The van der Waals surface area contributed by atoms with Crippen LogP contribution in [-0.4, -0.2) is 16.8 Å². The third-order valence-electron chi connectivity index (χ3n) is 4.70. The van der Waals surface area contributed by atoms with Gasteiger partial charge in [0, 0.05) is 28.9 Å². The van der Waals surface area contributed by atoms with Crippen LogP contribution in [0.15, 0.2) is 83.8 Å². The van der Waals surface area contributed by atoms with Gasteiger partial charge < -0.3 is 15.1 Å². The van der Waals surface area contributed by atoms with Crippen LogP contribution < -0.4 is 10.6 Å². The molecule has 0 bridgehead atoms. The Morgan fingerprint density at radius 3 is 2.58 bits per heavy atom. The number of aromatic nitrogens is 1. The average Bonchev–Trinajstić information content (AvgIpc) is 3.33. The molecule has 33 heavy (non-hydrogen) atoms. The van der Waals surface area contributed by atoms with E-state index in [0.717, 1.165) is 23.6 Å². The Morgan fingerprint density at radius 1 is 1.00 bits per heavy atom. The van der Waals surface area contributed by atoms with Gasteiger partial charge >= 0.3 is 6.18 Å². The molecule has 2 aromatic carbocycles. The molecule has 0 unspecified atom stereocenters. The number of carbonyl (C=O) groups excluding carboxylic acids is 2. The first-order valence-corrected chi connectivity index (χ1v) is 9.69. The smallest absolute Gasteiger partial charge is 0.418 e. The molecular formula is C24H16F3N3O3. The molecule has 0 saturated carbocycles. The fourth-order valence-electron chi connectivity index (χ4n) is 3.16. The quantitative estimate of drug-likeness (QED) is 0.379. The third kappa shape index (κ3) is 5.09. The van der Waals surface area contributed by atoms with E-state index in [2.05, 4.69) is 15.6 Å². The van der Waals surface area contributed by atoms with Crippen LogP contribution >= 0.6 is 0 Å². The molecule has 0 radical (unpaired) electrons. The van der Waals surface area contributed by atoms with E-state index in [9.17, 15) is 22.8 Å². The lowest BCUT2D eigenvalue weighted by molar-refractivity contribution is -0.136. The number of anilines is 2. The summed E-state index contributed by atoms with van der Waals surface area (Å²) in [5.41, 5.74) is -0.136. The Labute approximate surface area is 185 Å². The molecular weight excluding hydrogens is 435 g/mol. The highest BCUT2D eigenvalue weighted by atomic mass is 19.4. The predicted molar refractivity (Wildman–Crippen MR) is 118 cm³/mol. The molecule has 4 rings (SSSR count). The molecule has 0 spiro atoms. The van der Waals surface area contributed by atoms with Crippen molar-refractivity contribution in [2.75, 3.05) is 10.6 Å². The number of benzene rings is 2. The number of fused-ring (bicyclic) bond motifs is 1. The van der Waals surface area contributed by atoms with E-state index in [4.69, 9.17) is 4.42 Å². The number of amides is 2. The molecule has 6 nitrogen and oxygen atoms in total. The molecule has 2 heterocycles. The topological polar surface area (TPSA) is 84.2 Å². The van der Waals surface area contributed by atoms with E-state index in [1.807, 2.05) is 12.1 Å². The van der Waals surface area contributed by atoms with Gasteiger partial charge in [0.05, 0.1) is 28.6 Å². The van der Waals surface area contributed by atoms with Crippen molar-refractivity contribution >= 4 is 40.2 Å². The molecule has 166 valence electrons. The van der Waals surface area contributed by atoms with Gasteiger partial charge in [0.25, 0.3) is 5.91 Å². The molecule has 4 aromatic rings. The van der Waals surface area contributed by atoms with Crippen LogP contribution in [0.3, 0.4) is 0 Å². The minimum Gasteiger partial charge on any atom is -0.472 e. The molecule has 0 aliphatic heterocycles. The van der Waals surface area contributed by atoms with Gasteiger partial charge in [-0.25, -0.2) is 0 Å². The summed E-state index contributed by atoms with van der Waals surface area (Å²) in [6.07, 6.45) is 1.92. The number of pyridine rings is 1. The minimum atomic E-state index is -4.76. The zero-order chi connectivity index (χ0) is 23.4. The number of carbonyl (C=O) groups is 2. The van der Waals surface area contributed by atoms with Crippen LogP contribution in [0, 0.1) is 0 Å². The maximum atomic E-state index is 13.6. The van der Waals surface area contributed by atoms with E-state index in [-0.39, 0.29) is 11.3 Å². The number of nitrogens with one attached hydrogen (secondary N) is 2. The Bertz CT molecular complexity index is 1340. The zero-order valence-electron chi connectivity index (χ0n) is 16.9. The van der Waals surface area contributed by atoms with Crippen molar-refractivity contribution in [3.63, 3.8) is 0 Å². The summed E-state index contributed by atoms with van der Waals surface area (Å²) >= 11 is 0. The Balaban J connectivity index is 1.54. The van der Waals surface area contributed by atoms with Gasteiger partial charge in [0.15, 0.2) is 0 Å². The Kier molecular flexibility index (Phi) is 5.95. The van der Waals surface area contributed by atoms with Crippen molar-refractivity contribution < 1.29 is 27.2 Å². The minimum absolute atomic E-state index is 0.0797. The van der Waals surface area contributed by atoms with Crippen molar-refractivity contribution in [3.8, 4) is 0 Å². The highest BCUT2D eigenvalue weighted by Gasteiger charge is 2.34. The van der Waals surface area contributed by atoms with Crippen LogP contribution in [0.2, 0.25) is 0 Å². The SMILES string of the molecule is O=C(/C=C/c1cccc2cccnc12)Nc1ccc(NC(=O)c2ccoc2)cc1C(F)(F)F. The monoisotopic (exact) mass is 451 g/mol. The number of nitrogens with zero attached hydrogens (tertiary/aromatic N) is 1. The van der Waals surface area contributed by atoms with Gasteiger partial charge in [-0.15, -0.1) is 0 Å². The summed E-state index contributed by atoms with van der Waals surface area (Å²) < 4.78 is 45.6. The highest BCUT2D eigenvalue weighted by molar-refractivity contribution is 6.05. The van der Waals surface area contributed by atoms with E-state index in [1.54, 1.807) is 24.4 Å². The standard InChI is InChI=1S/C24H16F3N3O3/c25-24(26,27)19-13-18(29-23(32)17-10-12-33-14-17)7-8-20(19)30-21(31)9-6-16-4-1-3-15-5-2-11-28-22(15)16/h1-14H,(H,29,32)(H,30,31)/b9-6+. The van der Waals surface area contributed by atoms with Crippen LogP contribution in [-0.2, 0) is 11.0 Å². The number of rotatable bonds is 5. The molecule has 2 N–H and O–H groups in total. The van der Waals surface area contributed by atoms with Crippen LogP contribution in [0.25, 0.3) is 17.0 Å². The van der Waals surface area contributed by atoms with E-state index in [1.165, 1.54) is 30.7 Å². The van der Waals surface area contributed by atoms with Crippen LogP contribution in [0.1, 0.15) is 21.5 Å². The van der Waals surface area contributed by atoms with Gasteiger partial charge in [0.1, 0.15) is 6.26 Å². The van der Waals surface area contributed by atoms with Crippen molar-refractivity contribution in [2.45, 2.75) is 6.18 Å². The average molecular weight is 451 g/mol. The largest absolute Gasteiger partial charge is 0.472 e. The molecule has 2 aromatic heterocycles. The lowest BCUT2D eigenvalue weighted by Crippen LogP contribution is -2.16. The highest BCUT2D eigenvalue weighted by Crippen LogP contribution is 2.36. The molecule has 0 fully saturated rings. The molecule has 9 heteroatoms. The normalized spacial score (nSPS) is 11.6. The third-order valence-corrected chi connectivity index (χ3v) is 4.70. The fourth-order valence-corrected chi connectivity index (χ4v) is 3.16. The maximum absolute atomic E-state index is 13.6. The van der Waals surface area contributed by atoms with Crippen molar-refractivity contribution in [3.05, 3.63) is 96.1 Å². The predicted octanol–water partition coefficient (Wildman–Crippen LogP) is 5.75. The number of halogens is 3. The van der Waals surface area contributed by atoms with Crippen molar-refractivity contribution in [1.82, 2.24) is 4.98 Å². The second-order valence-electron chi connectivity index (χ2n) is 6.97. The molecule has 0 aliphatic rings. The molecule has 2 amide bonds. The number of hydrogen-bond acceptors (Lipinski definition) is 4. The first-order valence-electron chi connectivity index (χ1n) is 9.69. The summed E-state index contributed by atoms with van der Waals surface area (Å²) in [5, 5.41) is 5.49. The van der Waals surface area contributed by atoms with Gasteiger partial charge in [0.2, 0.25) is 5.91 Å². The maximum Gasteiger partial charge on any atom is 0.418 e. The lowest BCUT2D eigenvalue weighted by atomic mass is 10.1. The Morgan fingerprint density at radius 2 is 1.82 bits per heavy atom. The van der Waals surface area contributed by atoms with E-state index < -0.39 is 29.2 Å². The van der Waals surface area contributed by atoms with E-state index in [0.29, 0.717) is 11.1 Å². The Hall–Kier alpha value is -4.40. The molecule has 0 aliphatic carbocycles. The summed E-state index contributed by atoms with van der Waals surface area (Å²) in [4.78, 5) is 28.7. The fraction of sp³-hybridized carbons (Fsp3) is 0.0417. The second kappa shape index (κ2) is 8.99. The number of hydrogen-bond donors (Lipinski definition) is 2. The summed E-state index contributed by atoms with van der Waals surface area (Å²) in [5.74, 6) is -1.37. The first-order chi connectivity index (χ1) is 15.8. The van der Waals surface area contributed by atoms with Gasteiger partial charge in [-0.05, 0) is 36.4 Å².